The van der Waals surface area contributed by atoms with Gasteiger partial charge in [0.25, 0.3) is 5.91 Å². The summed E-state index contributed by atoms with van der Waals surface area (Å²) in [4.78, 5) is 10.6. The molecule has 1 rings (SSSR count). The van der Waals surface area contributed by atoms with Crippen LogP contribution in [-0.2, 0) is 4.79 Å². The highest BCUT2D eigenvalue weighted by molar-refractivity contribution is 5.83. The highest BCUT2D eigenvalue weighted by atomic mass is 16.3. The average molecular weight is 144 g/mol. The van der Waals surface area contributed by atoms with E-state index < -0.39 is 11.5 Å². The number of rotatable bonds is 1. The van der Waals surface area contributed by atoms with Gasteiger partial charge in [0.15, 0.2) is 5.60 Å². The smallest absolute Gasteiger partial charge is 0.250 e. The highest BCUT2D eigenvalue weighted by Gasteiger charge is 2.34. The van der Waals surface area contributed by atoms with Gasteiger partial charge in [-0.3, -0.25) is 4.79 Å². The Hall–Kier alpha value is -0.610. The topological polar surface area (TPSA) is 75.4 Å². The van der Waals surface area contributed by atoms with Crippen molar-refractivity contribution in [3.05, 3.63) is 0 Å². The maximum atomic E-state index is 10.6. The van der Waals surface area contributed by atoms with Crippen LogP contribution in [0.2, 0.25) is 0 Å². The van der Waals surface area contributed by atoms with Crippen molar-refractivity contribution in [2.75, 3.05) is 13.1 Å². The van der Waals surface area contributed by atoms with Crippen molar-refractivity contribution in [2.45, 2.75) is 18.4 Å². The minimum atomic E-state index is -1.29. The Balaban J connectivity index is 2.56. The normalized spacial score (nSPS) is 33.7. The molecule has 4 nitrogen and oxygen atoms in total. The Kier molecular flexibility index (Phi) is 1.92. The predicted octanol–water partition coefficient (Wildman–Crippen LogP) is -1.41. The van der Waals surface area contributed by atoms with Crippen LogP contribution in [0.15, 0.2) is 0 Å². The Labute approximate surface area is 59.4 Å². The summed E-state index contributed by atoms with van der Waals surface area (Å²) in [6.07, 6.45) is 1.29. The Morgan fingerprint density at radius 3 is 2.70 bits per heavy atom. The lowest BCUT2D eigenvalue weighted by Gasteiger charge is -2.29. The van der Waals surface area contributed by atoms with E-state index in [0.29, 0.717) is 13.0 Å². The zero-order valence-corrected chi connectivity index (χ0v) is 5.76. The summed E-state index contributed by atoms with van der Waals surface area (Å²) in [5, 5.41) is 12.3. The first-order valence-electron chi connectivity index (χ1n) is 3.38. The maximum absolute atomic E-state index is 10.6. The molecule has 0 aromatic rings. The molecule has 0 radical (unpaired) electrons. The first-order valence-corrected chi connectivity index (χ1v) is 3.38. The summed E-state index contributed by atoms with van der Waals surface area (Å²) in [6.45, 7) is 1.15. The molecule has 0 aliphatic carbocycles. The number of aliphatic hydroxyl groups is 1. The second-order valence-corrected chi connectivity index (χ2v) is 2.68. The van der Waals surface area contributed by atoms with Crippen LogP contribution in [0.25, 0.3) is 0 Å². The summed E-state index contributed by atoms with van der Waals surface area (Å²) < 4.78 is 0. The molecule has 0 aromatic heterocycles. The standard InChI is InChI=1S/C6H12N2O2/c7-5(9)6(10)2-1-3-8-4-6/h8,10H,1-4H2,(H2,7,9)/t6-/m0/s1. The molecule has 1 aliphatic heterocycles. The summed E-state index contributed by atoms with van der Waals surface area (Å²) in [6, 6.07) is 0. The number of carbonyl (C=O) groups excluding carboxylic acids is 1. The van der Waals surface area contributed by atoms with E-state index in [9.17, 15) is 9.90 Å². The number of β-amino-alcohol motifs (C(OH)–C–C–N with tert-alkyl or cyclic N) is 1. The molecule has 1 fully saturated rings. The number of hydrogen-bond acceptors (Lipinski definition) is 3. The van der Waals surface area contributed by atoms with Crippen molar-refractivity contribution in [1.82, 2.24) is 5.32 Å². The van der Waals surface area contributed by atoms with Crippen molar-refractivity contribution in [3.63, 3.8) is 0 Å². The monoisotopic (exact) mass is 144 g/mol. The summed E-state index contributed by atoms with van der Waals surface area (Å²) >= 11 is 0. The summed E-state index contributed by atoms with van der Waals surface area (Å²) in [7, 11) is 0. The Morgan fingerprint density at radius 2 is 2.40 bits per heavy atom. The molecule has 1 saturated heterocycles. The first-order chi connectivity index (χ1) is 4.65. The van der Waals surface area contributed by atoms with E-state index in [0.717, 1.165) is 13.0 Å². The van der Waals surface area contributed by atoms with Gasteiger partial charge in [0, 0.05) is 6.54 Å². The number of amides is 1. The lowest BCUT2D eigenvalue weighted by molar-refractivity contribution is -0.137. The van der Waals surface area contributed by atoms with Crippen molar-refractivity contribution < 1.29 is 9.90 Å². The van der Waals surface area contributed by atoms with Gasteiger partial charge in [-0.2, -0.15) is 0 Å². The molecule has 10 heavy (non-hydrogen) atoms. The van der Waals surface area contributed by atoms with Crippen LogP contribution in [-0.4, -0.2) is 29.7 Å². The second-order valence-electron chi connectivity index (χ2n) is 2.68. The number of carbonyl (C=O) groups is 1. The molecule has 0 spiro atoms. The van der Waals surface area contributed by atoms with Crippen LogP contribution >= 0.6 is 0 Å². The fraction of sp³-hybridized carbons (Fsp3) is 0.833. The third-order valence-electron chi connectivity index (χ3n) is 1.82. The predicted molar refractivity (Wildman–Crippen MR) is 36.2 cm³/mol. The fourth-order valence-electron chi connectivity index (χ4n) is 1.10. The first kappa shape index (κ1) is 7.50. The van der Waals surface area contributed by atoms with Crippen LogP contribution in [0, 0.1) is 0 Å². The number of primary amides is 1. The second kappa shape index (κ2) is 2.56. The van der Waals surface area contributed by atoms with Gasteiger partial charge in [0.2, 0.25) is 0 Å². The molecule has 0 unspecified atom stereocenters. The number of nitrogens with two attached hydrogens (primary N) is 1. The van der Waals surface area contributed by atoms with Gasteiger partial charge < -0.3 is 16.2 Å². The van der Waals surface area contributed by atoms with E-state index >= 15 is 0 Å². The number of nitrogens with one attached hydrogen (secondary N) is 1. The highest BCUT2D eigenvalue weighted by Crippen LogP contribution is 2.14. The lowest BCUT2D eigenvalue weighted by atomic mass is 9.94. The Bertz CT molecular complexity index is 141. The molecule has 1 atom stereocenters. The van der Waals surface area contributed by atoms with E-state index in [1.54, 1.807) is 0 Å². The molecule has 1 amide bonds. The Morgan fingerprint density at radius 1 is 1.70 bits per heavy atom. The number of piperidine rings is 1. The van der Waals surface area contributed by atoms with Crippen molar-refractivity contribution >= 4 is 5.91 Å². The van der Waals surface area contributed by atoms with Gasteiger partial charge in [-0.15, -0.1) is 0 Å². The molecule has 1 aliphatic rings. The van der Waals surface area contributed by atoms with Crippen LogP contribution in [0.1, 0.15) is 12.8 Å². The third kappa shape index (κ3) is 1.27. The van der Waals surface area contributed by atoms with E-state index in [2.05, 4.69) is 5.32 Å². The van der Waals surface area contributed by atoms with E-state index in [1.165, 1.54) is 0 Å². The lowest BCUT2D eigenvalue weighted by Crippen LogP contribution is -2.54. The molecule has 0 aromatic carbocycles. The molecule has 0 bridgehead atoms. The molecule has 0 saturated carbocycles. The third-order valence-corrected chi connectivity index (χ3v) is 1.82. The quantitative estimate of drug-likeness (QED) is 0.423. The summed E-state index contributed by atoms with van der Waals surface area (Å²) in [5.74, 6) is -0.625. The maximum Gasteiger partial charge on any atom is 0.250 e. The molecular formula is C6H12N2O2. The van der Waals surface area contributed by atoms with Crippen LogP contribution in [0.4, 0.5) is 0 Å². The minimum absolute atomic E-state index is 0.294. The molecule has 58 valence electrons. The van der Waals surface area contributed by atoms with E-state index in [4.69, 9.17) is 5.73 Å². The van der Waals surface area contributed by atoms with Crippen LogP contribution in [0.3, 0.4) is 0 Å². The van der Waals surface area contributed by atoms with Crippen molar-refractivity contribution in [3.8, 4) is 0 Å². The average Bonchev–Trinajstić information content (AvgIpc) is 1.89. The van der Waals surface area contributed by atoms with Gasteiger partial charge in [0.1, 0.15) is 0 Å². The van der Waals surface area contributed by atoms with Gasteiger partial charge in [-0.1, -0.05) is 0 Å². The molecule has 4 heteroatoms. The van der Waals surface area contributed by atoms with Gasteiger partial charge in [-0.05, 0) is 19.4 Å². The van der Waals surface area contributed by atoms with Gasteiger partial charge in [-0.25, -0.2) is 0 Å². The van der Waals surface area contributed by atoms with Crippen LogP contribution in [0.5, 0.6) is 0 Å². The SMILES string of the molecule is NC(=O)[C@]1(O)CCCNC1. The fourth-order valence-corrected chi connectivity index (χ4v) is 1.10. The zero-order valence-electron chi connectivity index (χ0n) is 5.76. The van der Waals surface area contributed by atoms with E-state index in [1.807, 2.05) is 0 Å². The number of hydrogen-bond donors (Lipinski definition) is 3. The minimum Gasteiger partial charge on any atom is -0.379 e. The molecule has 1 heterocycles. The summed E-state index contributed by atoms with van der Waals surface area (Å²) in [5.41, 5.74) is 3.68. The molecular weight excluding hydrogens is 132 g/mol. The van der Waals surface area contributed by atoms with Crippen LogP contribution < -0.4 is 11.1 Å². The zero-order chi connectivity index (χ0) is 7.61. The van der Waals surface area contributed by atoms with Crippen molar-refractivity contribution in [1.29, 1.82) is 0 Å². The van der Waals surface area contributed by atoms with E-state index in [-0.39, 0.29) is 0 Å². The van der Waals surface area contributed by atoms with Gasteiger partial charge in [0.05, 0.1) is 0 Å². The molecule has 4 N–H and O–H groups in total. The van der Waals surface area contributed by atoms with Gasteiger partial charge >= 0.3 is 0 Å². The van der Waals surface area contributed by atoms with Crippen molar-refractivity contribution in [2.24, 2.45) is 5.73 Å². The largest absolute Gasteiger partial charge is 0.379 e.